The van der Waals surface area contributed by atoms with E-state index in [0.29, 0.717) is 24.3 Å². The van der Waals surface area contributed by atoms with E-state index < -0.39 is 12.0 Å². The van der Waals surface area contributed by atoms with Gasteiger partial charge in [-0.25, -0.2) is 9.78 Å². The Labute approximate surface area is 99.3 Å². The molecule has 1 unspecified atom stereocenters. The Kier molecular flexibility index (Phi) is 3.24. The number of hydrogen-bond acceptors (Lipinski definition) is 4. The second kappa shape index (κ2) is 4.83. The van der Waals surface area contributed by atoms with Gasteiger partial charge < -0.3 is 10.0 Å². The first-order chi connectivity index (χ1) is 8.24. The van der Waals surface area contributed by atoms with Crippen molar-refractivity contribution in [3.8, 4) is 6.07 Å². The Morgan fingerprint density at radius 3 is 3.12 bits per heavy atom. The highest BCUT2D eigenvalue weighted by Gasteiger charge is 2.29. The lowest BCUT2D eigenvalue weighted by atomic mass is 10.0. The average Bonchev–Trinajstić information content (AvgIpc) is 2.38. The minimum Gasteiger partial charge on any atom is -0.480 e. The number of pyridine rings is 1. The van der Waals surface area contributed by atoms with Crippen LogP contribution in [0.15, 0.2) is 18.3 Å². The van der Waals surface area contributed by atoms with Crippen LogP contribution in [-0.2, 0) is 4.79 Å². The summed E-state index contributed by atoms with van der Waals surface area (Å²) in [5.41, 5.74) is 0.919. The molecule has 17 heavy (non-hydrogen) atoms. The third kappa shape index (κ3) is 2.21. The van der Waals surface area contributed by atoms with Gasteiger partial charge >= 0.3 is 5.97 Å². The molecule has 0 bridgehead atoms. The smallest absolute Gasteiger partial charge is 0.326 e. The van der Waals surface area contributed by atoms with Crippen LogP contribution in [0.25, 0.3) is 0 Å². The SMILES string of the molecule is N#Cc1ncccc1N1CCCCC1C(=O)O. The Balaban J connectivity index is 2.36. The van der Waals surface area contributed by atoms with Crippen molar-refractivity contribution >= 4 is 11.7 Å². The molecule has 88 valence electrons. The maximum absolute atomic E-state index is 11.2. The normalized spacial score (nSPS) is 19.7. The standard InChI is InChI=1S/C12H13N3O2/c13-8-9-10(5-3-6-14-9)15-7-2-1-4-11(15)12(16)17/h3,5-6,11H,1-2,4,7H2,(H,16,17). The predicted octanol–water partition coefficient (Wildman–Crippen LogP) is 1.40. The Morgan fingerprint density at radius 1 is 1.59 bits per heavy atom. The van der Waals surface area contributed by atoms with Gasteiger partial charge in [-0.05, 0) is 31.4 Å². The van der Waals surface area contributed by atoms with E-state index in [4.69, 9.17) is 5.26 Å². The van der Waals surface area contributed by atoms with Crippen LogP contribution in [-0.4, -0.2) is 28.6 Å². The molecule has 5 nitrogen and oxygen atoms in total. The highest BCUT2D eigenvalue weighted by Crippen LogP contribution is 2.26. The summed E-state index contributed by atoms with van der Waals surface area (Å²) in [4.78, 5) is 16.9. The van der Waals surface area contributed by atoms with Crippen molar-refractivity contribution in [2.45, 2.75) is 25.3 Å². The number of aromatic nitrogens is 1. The van der Waals surface area contributed by atoms with Gasteiger partial charge in [-0.1, -0.05) is 0 Å². The van der Waals surface area contributed by atoms with Crippen molar-refractivity contribution < 1.29 is 9.90 Å². The number of carboxylic acid groups (broad SMARTS) is 1. The van der Waals surface area contributed by atoms with E-state index in [9.17, 15) is 9.90 Å². The number of nitriles is 1. The van der Waals surface area contributed by atoms with Gasteiger partial charge in [0.1, 0.15) is 12.1 Å². The number of rotatable bonds is 2. The fraction of sp³-hybridized carbons (Fsp3) is 0.417. The molecule has 2 heterocycles. The number of carbonyl (C=O) groups is 1. The Bertz CT molecular complexity index is 467. The highest BCUT2D eigenvalue weighted by molar-refractivity contribution is 5.79. The molecule has 0 saturated carbocycles. The van der Waals surface area contributed by atoms with E-state index in [1.54, 1.807) is 23.2 Å². The van der Waals surface area contributed by atoms with E-state index in [0.717, 1.165) is 12.8 Å². The summed E-state index contributed by atoms with van der Waals surface area (Å²) in [7, 11) is 0. The molecule has 0 aromatic carbocycles. The molecule has 0 radical (unpaired) electrons. The number of piperidine rings is 1. The van der Waals surface area contributed by atoms with Crippen LogP contribution in [0.2, 0.25) is 0 Å². The second-order valence-electron chi connectivity index (χ2n) is 4.03. The number of aliphatic carboxylic acids is 1. The average molecular weight is 231 g/mol. The number of nitrogens with zero attached hydrogens (tertiary/aromatic N) is 3. The minimum absolute atomic E-state index is 0.292. The van der Waals surface area contributed by atoms with Crippen LogP contribution in [0.1, 0.15) is 25.0 Å². The summed E-state index contributed by atoms with van der Waals surface area (Å²) in [6, 6.07) is 4.95. The zero-order chi connectivity index (χ0) is 12.3. The molecular formula is C12H13N3O2. The molecule has 0 spiro atoms. The first-order valence-electron chi connectivity index (χ1n) is 5.58. The third-order valence-corrected chi connectivity index (χ3v) is 2.99. The van der Waals surface area contributed by atoms with Gasteiger partial charge in [0.2, 0.25) is 0 Å². The van der Waals surface area contributed by atoms with Crippen LogP contribution in [0.3, 0.4) is 0 Å². The quantitative estimate of drug-likeness (QED) is 0.832. The van der Waals surface area contributed by atoms with Crippen LogP contribution in [0, 0.1) is 11.3 Å². The maximum Gasteiger partial charge on any atom is 0.326 e. The van der Waals surface area contributed by atoms with Crippen molar-refractivity contribution in [3.63, 3.8) is 0 Å². The van der Waals surface area contributed by atoms with Gasteiger partial charge in [-0.3, -0.25) is 0 Å². The number of anilines is 1. The van der Waals surface area contributed by atoms with Crippen LogP contribution < -0.4 is 4.90 Å². The van der Waals surface area contributed by atoms with E-state index in [-0.39, 0.29) is 0 Å². The first kappa shape index (κ1) is 11.4. The molecule has 0 aliphatic carbocycles. The predicted molar refractivity (Wildman–Crippen MR) is 61.6 cm³/mol. The largest absolute Gasteiger partial charge is 0.480 e. The summed E-state index contributed by atoms with van der Waals surface area (Å²) in [6.07, 6.45) is 4.02. The molecule has 1 aromatic rings. The molecule has 0 amide bonds. The van der Waals surface area contributed by atoms with Crippen LogP contribution in [0.5, 0.6) is 0 Å². The third-order valence-electron chi connectivity index (χ3n) is 2.99. The maximum atomic E-state index is 11.2. The Morgan fingerprint density at radius 2 is 2.41 bits per heavy atom. The van der Waals surface area contributed by atoms with Gasteiger partial charge in [0.05, 0.1) is 5.69 Å². The van der Waals surface area contributed by atoms with Gasteiger partial charge in [0.15, 0.2) is 5.69 Å². The van der Waals surface area contributed by atoms with Crippen molar-refractivity contribution in [2.75, 3.05) is 11.4 Å². The topological polar surface area (TPSA) is 77.2 Å². The van der Waals surface area contributed by atoms with E-state index in [1.807, 2.05) is 6.07 Å². The summed E-state index contributed by atoms with van der Waals surface area (Å²) in [5, 5.41) is 18.2. The van der Waals surface area contributed by atoms with Crippen molar-refractivity contribution in [1.82, 2.24) is 4.98 Å². The minimum atomic E-state index is -0.836. The molecule has 5 heteroatoms. The number of hydrogen-bond donors (Lipinski definition) is 1. The molecule has 1 fully saturated rings. The summed E-state index contributed by atoms with van der Waals surface area (Å²) >= 11 is 0. The lowest BCUT2D eigenvalue weighted by Crippen LogP contribution is -2.45. The van der Waals surface area contributed by atoms with E-state index in [1.165, 1.54) is 0 Å². The zero-order valence-electron chi connectivity index (χ0n) is 9.33. The molecule has 1 N–H and O–H groups in total. The van der Waals surface area contributed by atoms with Gasteiger partial charge in [0.25, 0.3) is 0 Å². The van der Waals surface area contributed by atoms with Crippen molar-refractivity contribution in [2.24, 2.45) is 0 Å². The van der Waals surface area contributed by atoms with Gasteiger partial charge in [-0.2, -0.15) is 5.26 Å². The van der Waals surface area contributed by atoms with Gasteiger partial charge in [-0.15, -0.1) is 0 Å². The lowest BCUT2D eigenvalue weighted by Gasteiger charge is -2.34. The monoisotopic (exact) mass is 231 g/mol. The summed E-state index contributed by atoms with van der Waals surface area (Å²) < 4.78 is 0. The first-order valence-corrected chi connectivity index (χ1v) is 5.58. The van der Waals surface area contributed by atoms with E-state index in [2.05, 4.69) is 4.98 Å². The van der Waals surface area contributed by atoms with Crippen molar-refractivity contribution in [1.29, 1.82) is 5.26 Å². The second-order valence-corrected chi connectivity index (χ2v) is 4.03. The highest BCUT2D eigenvalue weighted by atomic mass is 16.4. The van der Waals surface area contributed by atoms with Gasteiger partial charge in [0, 0.05) is 12.7 Å². The van der Waals surface area contributed by atoms with E-state index >= 15 is 0 Å². The molecule has 1 aromatic heterocycles. The molecule has 2 rings (SSSR count). The fourth-order valence-electron chi connectivity index (χ4n) is 2.19. The summed E-state index contributed by atoms with van der Waals surface area (Å²) in [6.45, 7) is 0.664. The molecule has 1 saturated heterocycles. The summed E-state index contributed by atoms with van der Waals surface area (Å²) in [5.74, 6) is -0.836. The molecule has 1 atom stereocenters. The Hall–Kier alpha value is -2.09. The van der Waals surface area contributed by atoms with Crippen molar-refractivity contribution in [3.05, 3.63) is 24.0 Å². The fourth-order valence-corrected chi connectivity index (χ4v) is 2.19. The zero-order valence-corrected chi connectivity index (χ0v) is 9.33. The van der Waals surface area contributed by atoms with Crippen LogP contribution >= 0.6 is 0 Å². The molecule has 1 aliphatic heterocycles. The van der Waals surface area contributed by atoms with Crippen LogP contribution in [0.4, 0.5) is 5.69 Å². The number of carboxylic acids is 1. The lowest BCUT2D eigenvalue weighted by molar-refractivity contribution is -0.139. The molecule has 1 aliphatic rings. The molecular weight excluding hydrogens is 218 g/mol.